The number of pyridine rings is 1. The molecule has 1 aromatic carbocycles. The number of para-hydroxylation sites is 1. The van der Waals surface area contributed by atoms with Crippen LogP contribution in [0.2, 0.25) is 0 Å². The Balaban J connectivity index is 1.57. The van der Waals surface area contributed by atoms with E-state index in [0.29, 0.717) is 12.5 Å². The highest BCUT2D eigenvalue weighted by Crippen LogP contribution is 2.35. The van der Waals surface area contributed by atoms with Gasteiger partial charge in [0, 0.05) is 18.3 Å². The maximum atomic E-state index is 5.48. The Bertz CT molecular complexity index is 813. The molecule has 3 aromatic rings. The zero-order valence-electron chi connectivity index (χ0n) is 11.5. The van der Waals surface area contributed by atoms with E-state index in [1.807, 2.05) is 43.5 Å². The summed E-state index contributed by atoms with van der Waals surface area (Å²) < 4.78 is 12.6. The van der Waals surface area contributed by atoms with Crippen LogP contribution in [-0.4, -0.2) is 21.4 Å². The molecule has 21 heavy (non-hydrogen) atoms. The molecule has 6 nitrogen and oxygen atoms in total. The zero-order chi connectivity index (χ0) is 14.2. The number of hydrogen-bond donors (Lipinski definition) is 1. The average molecular weight is 282 g/mol. The van der Waals surface area contributed by atoms with Crippen LogP contribution in [0.3, 0.4) is 0 Å². The van der Waals surface area contributed by atoms with Crippen molar-refractivity contribution in [1.82, 2.24) is 14.6 Å². The van der Waals surface area contributed by atoms with E-state index in [-0.39, 0.29) is 6.79 Å². The number of nitrogens with one attached hydrogen (secondary N) is 1. The molecule has 0 unspecified atom stereocenters. The third-order valence-corrected chi connectivity index (χ3v) is 3.41. The summed E-state index contributed by atoms with van der Waals surface area (Å²) in [6, 6.07) is 9.85. The SMILES string of the molecule is Cc1ccn2nc(NCc3cccc4c3OCO4)nc2c1. The normalized spacial score (nSPS) is 12.8. The molecule has 0 atom stereocenters. The van der Waals surface area contributed by atoms with Crippen LogP contribution in [0.1, 0.15) is 11.1 Å². The lowest BCUT2D eigenvalue weighted by Crippen LogP contribution is -2.02. The summed E-state index contributed by atoms with van der Waals surface area (Å²) in [6.07, 6.45) is 1.90. The van der Waals surface area contributed by atoms with Crippen LogP contribution in [0.15, 0.2) is 36.5 Å². The lowest BCUT2D eigenvalue weighted by atomic mass is 10.2. The third-order valence-electron chi connectivity index (χ3n) is 3.41. The molecule has 0 saturated heterocycles. The molecule has 0 saturated carbocycles. The number of ether oxygens (including phenoxy) is 2. The van der Waals surface area contributed by atoms with Gasteiger partial charge in [0.25, 0.3) is 0 Å². The topological polar surface area (TPSA) is 60.7 Å². The van der Waals surface area contributed by atoms with Crippen molar-refractivity contribution in [2.24, 2.45) is 0 Å². The van der Waals surface area contributed by atoms with Crippen molar-refractivity contribution in [2.75, 3.05) is 12.1 Å². The van der Waals surface area contributed by atoms with Crippen LogP contribution in [0, 0.1) is 6.92 Å². The van der Waals surface area contributed by atoms with Gasteiger partial charge in [-0.1, -0.05) is 12.1 Å². The smallest absolute Gasteiger partial charge is 0.243 e. The number of anilines is 1. The van der Waals surface area contributed by atoms with Crippen molar-refractivity contribution in [3.8, 4) is 11.5 Å². The Hall–Kier alpha value is -2.76. The minimum atomic E-state index is 0.276. The second-order valence-electron chi connectivity index (χ2n) is 4.95. The van der Waals surface area contributed by atoms with Crippen molar-refractivity contribution >= 4 is 11.6 Å². The number of nitrogens with zero attached hydrogens (tertiary/aromatic N) is 3. The predicted molar refractivity (Wildman–Crippen MR) is 77.6 cm³/mol. The molecule has 1 N–H and O–H groups in total. The second-order valence-corrected chi connectivity index (χ2v) is 4.95. The highest BCUT2D eigenvalue weighted by atomic mass is 16.7. The molecule has 6 heteroatoms. The molecule has 1 aliphatic heterocycles. The number of fused-ring (bicyclic) bond motifs is 2. The van der Waals surface area contributed by atoms with Crippen molar-refractivity contribution in [1.29, 1.82) is 0 Å². The van der Waals surface area contributed by atoms with Crippen LogP contribution < -0.4 is 14.8 Å². The van der Waals surface area contributed by atoms with Crippen LogP contribution in [0.25, 0.3) is 5.65 Å². The van der Waals surface area contributed by atoms with Crippen LogP contribution in [-0.2, 0) is 6.54 Å². The van der Waals surface area contributed by atoms with E-state index >= 15 is 0 Å². The second kappa shape index (κ2) is 4.66. The highest BCUT2D eigenvalue weighted by Gasteiger charge is 2.17. The first kappa shape index (κ1) is 12.0. The predicted octanol–water partition coefficient (Wildman–Crippen LogP) is 2.38. The van der Waals surface area contributed by atoms with E-state index in [1.54, 1.807) is 4.52 Å². The van der Waals surface area contributed by atoms with E-state index in [1.165, 1.54) is 0 Å². The standard InChI is InChI=1S/C15H14N4O2/c1-10-5-6-19-13(7-10)17-15(18-19)16-8-11-3-2-4-12-14(11)21-9-20-12/h2-7H,8-9H2,1H3,(H,16,18). The number of hydrogen-bond acceptors (Lipinski definition) is 5. The maximum absolute atomic E-state index is 5.48. The third kappa shape index (κ3) is 2.14. The molecular formula is C15H14N4O2. The fourth-order valence-corrected chi connectivity index (χ4v) is 2.36. The van der Waals surface area contributed by atoms with Gasteiger partial charge in [-0.25, -0.2) is 4.52 Å². The van der Waals surface area contributed by atoms with Gasteiger partial charge in [0.15, 0.2) is 17.1 Å². The Labute approximate surface area is 121 Å². The Kier molecular flexibility index (Phi) is 2.67. The Morgan fingerprint density at radius 2 is 2.24 bits per heavy atom. The van der Waals surface area contributed by atoms with E-state index in [4.69, 9.17) is 9.47 Å². The van der Waals surface area contributed by atoms with Crippen LogP contribution in [0.4, 0.5) is 5.95 Å². The van der Waals surface area contributed by atoms with Gasteiger partial charge in [0.2, 0.25) is 12.7 Å². The first-order valence-electron chi connectivity index (χ1n) is 6.74. The van der Waals surface area contributed by atoms with Crippen molar-refractivity contribution in [3.05, 3.63) is 47.7 Å². The van der Waals surface area contributed by atoms with Crippen molar-refractivity contribution in [3.63, 3.8) is 0 Å². The molecule has 0 spiro atoms. The molecule has 0 aliphatic carbocycles. The first-order chi connectivity index (χ1) is 10.3. The fourth-order valence-electron chi connectivity index (χ4n) is 2.36. The van der Waals surface area contributed by atoms with Crippen molar-refractivity contribution in [2.45, 2.75) is 13.5 Å². The summed E-state index contributed by atoms with van der Waals surface area (Å²) in [5.74, 6) is 2.18. The van der Waals surface area contributed by atoms with Gasteiger partial charge < -0.3 is 14.8 Å². The van der Waals surface area contributed by atoms with Crippen LogP contribution in [0.5, 0.6) is 11.5 Å². The molecule has 0 radical (unpaired) electrons. The number of benzene rings is 1. The van der Waals surface area contributed by atoms with Gasteiger partial charge in [-0.3, -0.25) is 0 Å². The molecule has 3 heterocycles. The van der Waals surface area contributed by atoms with Gasteiger partial charge >= 0.3 is 0 Å². The lowest BCUT2D eigenvalue weighted by Gasteiger charge is -2.05. The largest absolute Gasteiger partial charge is 0.454 e. The van der Waals surface area contributed by atoms with E-state index < -0.39 is 0 Å². The summed E-state index contributed by atoms with van der Waals surface area (Å²) in [4.78, 5) is 4.45. The molecule has 0 bridgehead atoms. The summed E-state index contributed by atoms with van der Waals surface area (Å²) >= 11 is 0. The zero-order valence-corrected chi connectivity index (χ0v) is 11.5. The highest BCUT2D eigenvalue weighted by molar-refractivity contribution is 5.50. The van der Waals surface area contributed by atoms with Gasteiger partial charge in [-0.2, -0.15) is 4.98 Å². The Morgan fingerprint density at radius 1 is 1.29 bits per heavy atom. The summed E-state index contributed by atoms with van der Waals surface area (Å²) in [5, 5.41) is 7.61. The monoisotopic (exact) mass is 282 g/mol. The molecule has 1 aliphatic rings. The fraction of sp³-hybridized carbons (Fsp3) is 0.200. The summed E-state index contributed by atoms with van der Waals surface area (Å²) in [5.41, 5.74) is 3.02. The van der Waals surface area contributed by atoms with Gasteiger partial charge in [-0.15, -0.1) is 5.10 Å². The molecule has 0 amide bonds. The summed E-state index contributed by atoms with van der Waals surface area (Å²) in [6.45, 7) is 2.90. The average Bonchev–Trinajstić information content (AvgIpc) is 3.10. The maximum Gasteiger partial charge on any atom is 0.243 e. The number of aromatic nitrogens is 3. The molecule has 106 valence electrons. The van der Waals surface area contributed by atoms with Crippen LogP contribution >= 0.6 is 0 Å². The molecular weight excluding hydrogens is 268 g/mol. The van der Waals surface area contributed by atoms with E-state index in [2.05, 4.69) is 15.4 Å². The quantitative estimate of drug-likeness (QED) is 0.799. The van der Waals surface area contributed by atoms with Gasteiger partial charge in [-0.05, 0) is 30.7 Å². The minimum Gasteiger partial charge on any atom is -0.454 e. The number of rotatable bonds is 3. The van der Waals surface area contributed by atoms with E-state index in [0.717, 1.165) is 28.3 Å². The van der Waals surface area contributed by atoms with Gasteiger partial charge in [0.05, 0.1) is 0 Å². The molecule has 0 fully saturated rings. The number of aryl methyl sites for hydroxylation is 1. The molecule has 2 aromatic heterocycles. The minimum absolute atomic E-state index is 0.276. The summed E-state index contributed by atoms with van der Waals surface area (Å²) in [7, 11) is 0. The first-order valence-corrected chi connectivity index (χ1v) is 6.74. The Morgan fingerprint density at radius 3 is 3.19 bits per heavy atom. The lowest BCUT2D eigenvalue weighted by molar-refractivity contribution is 0.173. The van der Waals surface area contributed by atoms with Crippen molar-refractivity contribution < 1.29 is 9.47 Å². The van der Waals surface area contributed by atoms with Gasteiger partial charge in [0.1, 0.15) is 0 Å². The van der Waals surface area contributed by atoms with E-state index in [9.17, 15) is 0 Å². The molecule has 4 rings (SSSR count).